The van der Waals surface area contributed by atoms with Crippen LogP contribution < -0.4 is 20.9 Å². The summed E-state index contributed by atoms with van der Waals surface area (Å²) in [6, 6.07) is 11.8. The zero-order valence-electron chi connectivity index (χ0n) is 15.6. The first-order chi connectivity index (χ1) is 12.4. The molecule has 0 aliphatic heterocycles. The average Bonchev–Trinajstić information content (AvgIpc) is 2.62. The zero-order valence-corrected chi connectivity index (χ0v) is 16.4. The van der Waals surface area contributed by atoms with Crippen molar-refractivity contribution in [2.75, 3.05) is 11.9 Å². The standard InChI is InChI=1S/C20H25N3O2S/c1-5-16-8-6-7-14(3)19(16)21-20(26)23-22-18(24)12-25-17-10-9-13(2)15(4)11-17/h6-11H,5,12H2,1-4H3,(H,22,24)(H2,21,23,26). The number of ether oxygens (including phenoxy) is 1. The normalized spacial score (nSPS) is 10.2. The van der Waals surface area contributed by atoms with Crippen LogP contribution in [0.5, 0.6) is 5.75 Å². The van der Waals surface area contributed by atoms with E-state index in [2.05, 4.69) is 23.1 Å². The number of amides is 1. The number of hydrazine groups is 1. The Morgan fingerprint density at radius 1 is 1.04 bits per heavy atom. The summed E-state index contributed by atoms with van der Waals surface area (Å²) in [5.74, 6) is 0.351. The smallest absolute Gasteiger partial charge is 0.276 e. The van der Waals surface area contributed by atoms with Gasteiger partial charge >= 0.3 is 0 Å². The molecule has 0 aromatic heterocycles. The summed E-state index contributed by atoms with van der Waals surface area (Å²) < 4.78 is 5.49. The van der Waals surface area contributed by atoms with Gasteiger partial charge in [-0.2, -0.15) is 0 Å². The molecule has 2 rings (SSSR count). The van der Waals surface area contributed by atoms with Crippen LogP contribution >= 0.6 is 12.2 Å². The third-order valence-electron chi connectivity index (χ3n) is 4.14. The van der Waals surface area contributed by atoms with Gasteiger partial charge in [-0.25, -0.2) is 0 Å². The number of rotatable bonds is 5. The molecule has 0 radical (unpaired) electrons. The van der Waals surface area contributed by atoms with Crippen LogP contribution in [0, 0.1) is 20.8 Å². The molecule has 0 saturated carbocycles. The maximum absolute atomic E-state index is 11.9. The van der Waals surface area contributed by atoms with Crippen LogP contribution in [0.3, 0.4) is 0 Å². The van der Waals surface area contributed by atoms with E-state index >= 15 is 0 Å². The Kier molecular flexibility index (Phi) is 6.97. The van der Waals surface area contributed by atoms with Crippen molar-refractivity contribution < 1.29 is 9.53 Å². The quantitative estimate of drug-likeness (QED) is 0.554. The number of para-hydroxylation sites is 1. The summed E-state index contributed by atoms with van der Waals surface area (Å²) >= 11 is 5.25. The lowest BCUT2D eigenvalue weighted by molar-refractivity contribution is -0.123. The van der Waals surface area contributed by atoms with Gasteiger partial charge in [-0.05, 0) is 73.8 Å². The van der Waals surface area contributed by atoms with Gasteiger partial charge in [-0.3, -0.25) is 15.6 Å². The van der Waals surface area contributed by atoms with E-state index in [4.69, 9.17) is 17.0 Å². The number of hydrogen-bond acceptors (Lipinski definition) is 3. The van der Waals surface area contributed by atoms with Crippen LogP contribution in [-0.4, -0.2) is 17.6 Å². The number of aryl methyl sites for hydroxylation is 4. The lowest BCUT2D eigenvalue weighted by atomic mass is 10.1. The van der Waals surface area contributed by atoms with Gasteiger partial charge in [-0.15, -0.1) is 0 Å². The van der Waals surface area contributed by atoms with E-state index in [9.17, 15) is 4.79 Å². The molecule has 1 amide bonds. The molecule has 0 aliphatic rings. The molecule has 0 saturated heterocycles. The van der Waals surface area contributed by atoms with Crippen molar-refractivity contribution in [1.82, 2.24) is 10.9 Å². The molecule has 3 N–H and O–H groups in total. The number of anilines is 1. The monoisotopic (exact) mass is 371 g/mol. The van der Waals surface area contributed by atoms with Gasteiger partial charge in [0.15, 0.2) is 11.7 Å². The predicted octanol–water partition coefficient (Wildman–Crippen LogP) is 3.57. The summed E-state index contributed by atoms with van der Waals surface area (Å²) in [5, 5.41) is 3.46. The number of carbonyl (C=O) groups is 1. The fourth-order valence-electron chi connectivity index (χ4n) is 2.46. The maximum atomic E-state index is 11.9. The summed E-state index contributed by atoms with van der Waals surface area (Å²) in [4.78, 5) is 11.9. The fourth-order valence-corrected chi connectivity index (χ4v) is 2.62. The van der Waals surface area contributed by atoms with E-state index < -0.39 is 0 Å². The molecule has 0 bridgehead atoms. The molecule has 26 heavy (non-hydrogen) atoms. The Morgan fingerprint density at radius 2 is 1.81 bits per heavy atom. The van der Waals surface area contributed by atoms with E-state index in [1.807, 2.05) is 57.2 Å². The molecule has 0 heterocycles. The van der Waals surface area contributed by atoms with Gasteiger partial charge in [-0.1, -0.05) is 31.2 Å². The first kappa shape index (κ1) is 19.7. The lowest BCUT2D eigenvalue weighted by Crippen LogP contribution is -2.45. The topological polar surface area (TPSA) is 62.4 Å². The fraction of sp³-hybridized carbons (Fsp3) is 0.300. The second-order valence-electron chi connectivity index (χ2n) is 6.12. The highest BCUT2D eigenvalue weighted by Gasteiger charge is 2.08. The number of hydrogen-bond donors (Lipinski definition) is 3. The number of nitrogens with one attached hydrogen (secondary N) is 3. The first-order valence-corrected chi connectivity index (χ1v) is 8.96. The summed E-state index contributed by atoms with van der Waals surface area (Å²) in [5.41, 5.74) is 10.8. The second-order valence-corrected chi connectivity index (χ2v) is 6.53. The molecule has 0 spiro atoms. The molecule has 5 nitrogen and oxygen atoms in total. The third kappa shape index (κ3) is 5.46. The van der Waals surface area contributed by atoms with Gasteiger partial charge in [0.25, 0.3) is 5.91 Å². The highest BCUT2D eigenvalue weighted by Crippen LogP contribution is 2.20. The van der Waals surface area contributed by atoms with Gasteiger partial charge in [0, 0.05) is 5.69 Å². The van der Waals surface area contributed by atoms with Crippen molar-refractivity contribution in [2.24, 2.45) is 0 Å². The van der Waals surface area contributed by atoms with Crippen molar-refractivity contribution in [3.8, 4) is 5.75 Å². The molecule has 2 aromatic rings. The Balaban J connectivity index is 1.82. The molecule has 0 aliphatic carbocycles. The summed E-state index contributed by atoms with van der Waals surface area (Å²) in [7, 11) is 0. The van der Waals surface area contributed by atoms with E-state index in [1.165, 1.54) is 11.1 Å². The molecule has 0 atom stereocenters. The summed E-state index contributed by atoms with van der Waals surface area (Å²) in [6.07, 6.45) is 0.892. The van der Waals surface area contributed by atoms with Gasteiger partial charge < -0.3 is 10.1 Å². The van der Waals surface area contributed by atoms with Crippen molar-refractivity contribution in [3.63, 3.8) is 0 Å². The minimum absolute atomic E-state index is 0.0946. The molecule has 0 unspecified atom stereocenters. The first-order valence-electron chi connectivity index (χ1n) is 8.55. The molecule has 0 fully saturated rings. The Labute approximate surface area is 160 Å². The highest BCUT2D eigenvalue weighted by atomic mass is 32.1. The molecule has 6 heteroatoms. The van der Waals surface area contributed by atoms with Crippen LogP contribution in [-0.2, 0) is 11.2 Å². The van der Waals surface area contributed by atoms with Crippen molar-refractivity contribution in [1.29, 1.82) is 0 Å². The van der Waals surface area contributed by atoms with Crippen molar-refractivity contribution in [2.45, 2.75) is 34.1 Å². The average molecular weight is 372 g/mol. The number of benzene rings is 2. The van der Waals surface area contributed by atoms with Gasteiger partial charge in [0.05, 0.1) is 0 Å². The highest BCUT2D eigenvalue weighted by molar-refractivity contribution is 7.80. The van der Waals surface area contributed by atoms with Crippen LogP contribution in [0.4, 0.5) is 5.69 Å². The van der Waals surface area contributed by atoms with E-state index in [-0.39, 0.29) is 12.5 Å². The maximum Gasteiger partial charge on any atom is 0.276 e. The van der Waals surface area contributed by atoms with Crippen molar-refractivity contribution >= 4 is 28.9 Å². The predicted molar refractivity (Wildman–Crippen MR) is 109 cm³/mol. The Bertz CT molecular complexity index is 806. The number of thiocarbonyl (C=S) groups is 1. The Hall–Kier alpha value is -2.60. The lowest BCUT2D eigenvalue weighted by Gasteiger charge is -2.16. The minimum Gasteiger partial charge on any atom is -0.484 e. The van der Waals surface area contributed by atoms with E-state index in [1.54, 1.807) is 0 Å². The van der Waals surface area contributed by atoms with Crippen LogP contribution in [0.1, 0.15) is 29.2 Å². The van der Waals surface area contributed by atoms with Gasteiger partial charge in [0.1, 0.15) is 5.75 Å². The minimum atomic E-state index is -0.312. The van der Waals surface area contributed by atoms with E-state index in [0.717, 1.165) is 23.2 Å². The number of carbonyl (C=O) groups excluding carboxylic acids is 1. The molecule has 2 aromatic carbocycles. The van der Waals surface area contributed by atoms with Gasteiger partial charge in [0.2, 0.25) is 0 Å². The van der Waals surface area contributed by atoms with Crippen LogP contribution in [0.2, 0.25) is 0 Å². The third-order valence-corrected chi connectivity index (χ3v) is 4.35. The van der Waals surface area contributed by atoms with Crippen LogP contribution in [0.25, 0.3) is 0 Å². The summed E-state index contributed by atoms with van der Waals surface area (Å²) in [6.45, 7) is 8.04. The largest absolute Gasteiger partial charge is 0.484 e. The second kappa shape index (κ2) is 9.20. The Morgan fingerprint density at radius 3 is 2.50 bits per heavy atom. The molecular weight excluding hydrogens is 346 g/mol. The molecular formula is C20H25N3O2S. The molecule has 138 valence electrons. The zero-order chi connectivity index (χ0) is 19.1. The van der Waals surface area contributed by atoms with Crippen LogP contribution in [0.15, 0.2) is 36.4 Å². The van der Waals surface area contributed by atoms with E-state index in [0.29, 0.717) is 10.9 Å². The SMILES string of the molecule is CCc1cccc(C)c1NC(=S)NNC(=O)COc1ccc(C)c(C)c1. The van der Waals surface area contributed by atoms with Crippen molar-refractivity contribution in [3.05, 3.63) is 58.7 Å².